The van der Waals surface area contributed by atoms with Gasteiger partial charge in [0, 0.05) is 41.4 Å². The number of nitrogens with one attached hydrogen (secondary N) is 1. The van der Waals surface area contributed by atoms with Gasteiger partial charge in [0.05, 0.1) is 17.3 Å². The SMILES string of the molecule is C=CCC(O)c1cc(C)c(-c2cc3cnc(NC(=O)C4CC4(F)F)cc3n3ncnc23)cn1. The van der Waals surface area contributed by atoms with Crippen molar-refractivity contribution in [1.82, 2.24) is 24.6 Å². The van der Waals surface area contributed by atoms with Crippen molar-refractivity contribution < 1.29 is 18.7 Å². The highest BCUT2D eigenvalue weighted by Gasteiger charge is 2.61. The smallest absolute Gasteiger partial charge is 0.260 e. The van der Waals surface area contributed by atoms with Gasteiger partial charge in [-0.1, -0.05) is 6.08 Å². The molecule has 4 heterocycles. The first-order chi connectivity index (χ1) is 15.8. The van der Waals surface area contributed by atoms with Crippen molar-refractivity contribution in [2.24, 2.45) is 5.92 Å². The maximum atomic E-state index is 13.2. The van der Waals surface area contributed by atoms with Crippen molar-refractivity contribution in [3.63, 3.8) is 0 Å². The minimum atomic E-state index is -2.95. The number of carbonyl (C=O) groups is 1. The van der Waals surface area contributed by atoms with Crippen LogP contribution < -0.4 is 5.32 Å². The number of pyridine rings is 3. The summed E-state index contributed by atoms with van der Waals surface area (Å²) in [5, 5.41) is 17.7. The molecule has 2 unspecified atom stereocenters. The third-order valence-corrected chi connectivity index (χ3v) is 5.78. The Balaban J connectivity index is 1.54. The summed E-state index contributed by atoms with van der Waals surface area (Å²) < 4.78 is 28.0. The largest absolute Gasteiger partial charge is 0.386 e. The molecule has 5 rings (SSSR count). The monoisotopic (exact) mass is 450 g/mol. The minimum absolute atomic E-state index is 0.165. The number of nitrogens with zero attached hydrogens (tertiary/aromatic N) is 5. The van der Waals surface area contributed by atoms with E-state index in [1.165, 1.54) is 6.33 Å². The van der Waals surface area contributed by atoms with Crippen LogP contribution >= 0.6 is 0 Å². The number of amides is 1. The average Bonchev–Trinajstić information content (AvgIpc) is 3.18. The van der Waals surface area contributed by atoms with E-state index in [4.69, 9.17) is 0 Å². The van der Waals surface area contributed by atoms with Crippen LogP contribution in [0.15, 0.2) is 49.6 Å². The maximum Gasteiger partial charge on any atom is 0.260 e. The lowest BCUT2D eigenvalue weighted by molar-refractivity contribution is -0.119. The Kier molecular flexibility index (Phi) is 4.89. The summed E-state index contributed by atoms with van der Waals surface area (Å²) in [7, 11) is 0. The third kappa shape index (κ3) is 3.72. The van der Waals surface area contributed by atoms with E-state index in [1.807, 2.05) is 19.1 Å². The van der Waals surface area contributed by atoms with E-state index in [1.54, 1.807) is 29.1 Å². The van der Waals surface area contributed by atoms with E-state index < -0.39 is 30.3 Å². The van der Waals surface area contributed by atoms with Gasteiger partial charge in [-0.3, -0.25) is 9.78 Å². The Labute approximate surface area is 187 Å². The first-order valence-corrected chi connectivity index (χ1v) is 10.4. The molecule has 0 saturated heterocycles. The molecule has 33 heavy (non-hydrogen) atoms. The summed E-state index contributed by atoms with van der Waals surface area (Å²) in [6.45, 7) is 5.56. The third-order valence-electron chi connectivity index (χ3n) is 5.78. The van der Waals surface area contributed by atoms with E-state index in [0.717, 1.165) is 16.7 Å². The van der Waals surface area contributed by atoms with E-state index in [9.17, 15) is 18.7 Å². The van der Waals surface area contributed by atoms with Gasteiger partial charge in [0.2, 0.25) is 5.91 Å². The summed E-state index contributed by atoms with van der Waals surface area (Å²) in [4.78, 5) is 25.0. The van der Waals surface area contributed by atoms with Gasteiger partial charge in [-0.05, 0) is 31.0 Å². The predicted octanol–water partition coefficient (Wildman–Crippen LogP) is 3.85. The van der Waals surface area contributed by atoms with Crippen molar-refractivity contribution in [2.75, 3.05) is 5.32 Å². The topological polar surface area (TPSA) is 105 Å². The van der Waals surface area contributed by atoms with Gasteiger partial charge in [0.1, 0.15) is 18.1 Å². The normalized spacial score (nSPS) is 17.8. The molecule has 0 bridgehead atoms. The summed E-state index contributed by atoms with van der Waals surface area (Å²) in [5.41, 5.74) is 4.21. The fourth-order valence-corrected chi connectivity index (χ4v) is 3.87. The van der Waals surface area contributed by atoms with Crippen LogP contribution in [0.25, 0.3) is 27.7 Å². The minimum Gasteiger partial charge on any atom is -0.386 e. The van der Waals surface area contributed by atoms with Crippen molar-refractivity contribution >= 4 is 28.3 Å². The lowest BCUT2D eigenvalue weighted by atomic mass is 10.0. The molecule has 1 aliphatic carbocycles. The van der Waals surface area contributed by atoms with Crippen molar-refractivity contribution in [3.8, 4) is 11.1 Å². The van der Waals surface area contributed by atoms with Crippen LogP contribution in [0.4, 0.5) is 14.6 Å². The zero-order chi connectivity index (χ0) is 23.3. The number of hydrogen-bond donors (Lipinski definition) is 2. The number of halogens is 2. The van der Waals surface area contributed by atoms with Gasteiger partial charge in [0.15, 0.2) is 5.65 Å². The number of aryl methyl sites for hydroxylation is 1. The van der Waals surface area contributed by atoms with Crippen LogP contribution in [0.3, 0.4) is 0 Å². The first kappa shape index (κ1) is 21.1. The molecule has 4 aromatic heterocycles. The highest BCUT2D eigenvalue weighted by Crippen LogP contribution is 2.49. The van der Waals surface area contributed by atoms with Gasteiger partial charge in [-0.2, -0.15) is 5.10 Å². The molecular formula is C23H20F2N6O2. The van der Waals surface area contributed by atoms with Crippen molar-refractivity contribution in [1.29, 1.82) is 0 Å². The predicted molar refractivity (Wildman–Crippen MR) is 118 cm³/mol. The van der Waals surface area contributed by atoms with Gasteiger partial charge >= 0.3 is 0 Å². The Morgan fingerprint density at radius 1 is 1.30 bits per heavy atom. The number of aliphatic hydroxyl groups is 1. The van der Waals surface area contributed by atoms with Gasteiger partial charge in [-0.25, -0.2) is 23.3 Å². The Hall–Kier alpha value is -3.79. The number of alkyl halides is 2. The zero-order valence-corrected chi connectivity index (χ0v) is 17.7. The number of rotatable bonds is 6. The number of hydrogen-bond acceptors (Lipinski definition) is 6. The summed E-state index contributed by atoms with van der Waals surface area (Å²) in [5.74, 6) is -4.85. The fraction of sp³-hybridized carbons (Fsp3) is 0.261. The molecule has 0 spiro atoms. The second-order valence-corrected chi connectivity index (χ2v) is 8.15. The maximum absolute atomic E-state index is 13.2. The Bertz CT molecular complexity index is 1420. The molecule has 1 amide bonds. The molecule has 2 atom stereocenters. The molecule has 0 radical (unpaired) electrons. The molecule has 0 aliphatic heterocycles. The molecule has 168 valence electrons. The quantitative estimate of drug-likeness (QED) is 0.433. The van der Waals surface area contributed by atoms with E-state index in [-0.39, 0.29) is 5.82 Å². The summed E-state index contributed by atoms with van der Waals surface area (Å²) in [6.07, 6.45) is 5.51. The molecule has 0 aromatic carbocycles. The molecule has 1 aliphatic rings. The summed E-state index contributed by atoms with van der Waals surface area (Å²) >= 11 is 0. The van der Waals surface area contributed by atoms with Crippen molar-refractivity contribution in [2.45, 2.75) is 31.8 Å². The molecule has 1 fully saturated rings. The van der Waals surface area contributed by atoms with Gasteiger partial charge < -0.3 is 10.4 Å². The van der Waals surface area contributed by atoms with E-state index in [0.29, 0.717) is 28.7 Å². The molecule has 2 N–H and O–H groups in total. The summed E-state index contributed by atoms with van der Waals surface area (Å²) in [6, 6.07) is 5.29. The number of aromatic nitrogens is 5. The van der Waals surface area contributed by atoms with E-state index >= 15 is 0 Å². The second-order valence-electron chi connectivity index (χ2n) is 8.15. The van der Waals surface area contributed by atoms with Crippen molar-refractivity contribution in [3.05, 3.63) is 60.8 Å². The van der Waals surface area contributed by atoms with Crippen LogP contribution in [0.2, 0.25) is 0 Å². The number of aliphatic hydroxyl groups excluding tert-OH is 1. The van der Waals surface area contributed by atoms with E-state index in [2.05, 4.69) is 31.9 Å². The first-order valence-electron chi connectivity index (χ1n) is 10.4. The van der Waals surface area contributed by atoms with Crippen LogP contribution in [0.1, 0.15) is 30.2 Å². The van der Waals surface area contributed by atoms with Crippen LogP contribution in [0, 0.1) is 12.8 Å². The Morgan fingerprint density at radius 2 is 2.09 bits per heavy atom. The van der Waals surface area contributed by atoms with Gasteiger partial charge in [0.25, 0.3) is 5.92 Å². The molecule has 1 saturated carbocycles. The van der Waals surface area contributed by atoms with Gasteiger partial charge in [-0.15, -0.1) is 6.58 Å². The number of anilines is 1. The molecule has 10 heteroatoms. The molecular weight excluding hydrogens is 430 g/mol. The highest BCUT2D eigenvalue weighted by molar-refractivity contribution is 5.97. The number of carbonyl (C=O) groups excluding carboxylic acids is 1. The second kappa shape index (κ2) is 7.66. The standard InChI is InChI=1S/C23H20F2N6O2/c1-3-4-19(32)17-5-12(2)15(10-26-17)14-6-13-9-27-20(30-22(33)16-8-23(16,24)25)7-18(13)31-21(14)28-11-29-31/h3,5-7,9-11,16,19,32H,1,4,8H2,2H3,(H,27,30,33). The Morgan fingerprint density at radius 3 is 2.79 bits per heavy atom. The molecule has 8 nitrogen and oxygen atoms in total. The van der Waals surface area contributed by atoms with Crippen LogP contribution in [-0.2, 0) is 4.79 Å². The highest BCUT2D eigenvalue weighted by atomic mass is 19.3. The molecule has 4 aromatic rings. The lowest BCUT2D eigenvalue weighted by Crippen LogP contribution is -2.18. The number of fused-ring (bicyclic) bond motifs is 3. The van der Waals surface area contributed by atoms with Crippen LogP contribution in [0.5, 0.6) is 0 Å². The zero-order valence-electron chi connectivity index (χ0n) is 17.7. The average molecular weight is 450 g/mol. The van der Waals surface area contributed by atoms with Crippen LogP contribution in [-0.4, -0.2) is 41.5 Å². The fourth-order valence-electron chi connectivity index (χ4n) is 3.87. The lowest BCUT2D eigenvalue weighted by Gasteiger charge is -2.13.